The van der Waals surface area contributed by atoms with Crippen molar-refractivity contribution in [2.24, 2.45) is 5.92 Å². The van der Waals surface area contributed by atoms with Crippen molar-refractivity contribution >= 4 is 11.8 Å². The van der Waals surface area contributed by atoms with Crippen molar-refractivity contribution in [3.63, 3.8) is 0 Å². The maximum Gasteiger partial charge on any atom is 0.243 e. The van der Waals surface area contributed by atoms with Crippen molar-refractivity contribution in [1.82, 2.24) is 10.2 Å². The van der Waals surface area contributed by atoms with Crippen LogP contribution in [0.3, 0.4) is 0 Å². The number of nitrogens with zero attached hydrogens (tertiary/aromatic N) is 1. The topological polar surface area (TPSA) is 69.6 Å². The number of benzene rings is 1. The highest BCUT2D eigenvalue weighted by molar-refractivity contribution is 5.89. The van der Waals surface area contributed by atoms with E-state index in [1.54, 1.807) is 4.90 Å². The van der Waals surface area contributed by atoms with E-state index >= 15 is 0 Å². The van der Waals surface area contributed by atoms with Gasteiger partial charge in [0.25, 0.3) is 0 Å². The second kappa shape index (κ2) is 8.83. The van der Waals surface area contributed by atoms with Crippen molar-refractivity contribution in [3.05, 3.63) is 35.9 Å². The molecule has 5 heteroatoms. The standard InChI is InChI=1S/C19H28N2O3/c1-14(2)16(10-12-22)20-19(24)17-9-6-11-21(17)18(23)13-15-7-4-3-5-8-15/h3-5,7-8,14,16-17,22H,6,9-13H2,1-2H3,(H,20,24). The van der Waals surface area contributed by atoms with Gasteiger partial charge in [-0.25, -0.2) is 0 Å². The summed E-state index contributed by atoms with van der Waals surface area (Å²) < 4.78 is 0. The zero-order valence-corrected chi connectivity index (χ0v) is 14.6. The first-order valence-corrected chi connectivity index (χ1v) is 8.77. The van der Waals surface area contributed by atoms with E-state index in [9.17, 15) is 9.59 Å². The molecule has 1 aromatic rings. The van der Waals surface area contributed by atoms with Crippen LogP contribution in [-0.2, 0) is 16.0 Å². The van der Waals surface area contributed by atoms with Crippen LogP contribution >= 0.6 is 0 Å². The first-order valence-electron chi connectivity index (χ1n) is 8.77. The predicted molar refractivity (Wildman–Crippen MR) is 93.4 cm³/mol. The molecule has 0 radical (unpaired) electrons. The fourth-order valence-electron chi connectivity index (χ4n) is 3.20. The van der Waals surface area contributed by atoms with Crippen LogP contribution < -0.4 is 5.32 Å². The van der Waals surface area contributed by atoms with Crippen LogP contribution in [0.15, 0.2) is 30.3 Å². The maximum absolute atomic E-state index is 12.6. The summed E-state index contributed by atoms with van der Waals surface area (Å²) in [5.74, 6) is 0.152. The van der Waals surface area contributed by atoms with Crippen molar-refractivity contribution < 1.29 is 14.7 Å². The summed E-state index contributed by atoms with van der Waals surface area (Å²) in [4.78, 5) is 26.9. The number of carbonyl (C=O) groups excluding carboxylic acids is 2. The first-order chi connectivity index (χ1) is 11.5. The van der Waals surface area contributed by atoms with Crippen LogP contribution in [0.1, 0.15) is 38.7 Å². The summed E-state index contributed by atoms with van der Waals surface area (Å²) >= 11 is 0. The molecule has 2 rings (SSSR count). The SMILES string of the molecule is CC(C)C(CCO)NC(=O)C1CCCN1C(=O)Cc1ccccc1. The molecule has 1 aliphatic heterocycles. The second-order valence-corrected chi connectivity index (χ2v) is 6.78. The molecule has 0 aromatic heterocycles. The fraction of sp³-hybridized carbons (Fsp3) is 0.579. The molecule has 1 heterocycles. The number of hydrogen-bond donors (Lipinski definition) is 2. The zero-order valence-electron chi connectivity index (χ0n) is 14.6. The van der Waals surface area contributed by atoms with Gasteiger partial charge in [-0.05, 0) is 30.7 Å². The molecule has 2 N–H and O–H groups in total. The molecule has 1 fully saturated rings. The minimum Gasteiger partial charge on any atom is -0.396 e. The van der Waals surface area contributed by atoms with Crippen molar-refractivity contribution in [2.75, 3.05) is 13.2 Å². The molecule has 0 saturated carbocycles. The molecule has 132 valence electrons. The summed E-state index contributed by atoms with van der Waals surface area (Å²) in [5.41, 5.74) is 0.967. The Morgan fingerprint density at radius 1 is 1.29 bits per heavy atom. The molecule has 1 saturated heterocycles. The quantitative estimate of drug-likeness (QED) is 0.799. The van der Waals surface area contributed by atoms with E-state index < -0.39 is 0 Å². The Kier molecular flexibility index (Phi) is 6.79. The number of hydrogen-bond acceptors (Lipinski definition) is 3. The van der Waals surface area contributed by atoms with E-state index in [1.165, 1.54) is 0 Å². The van der Waals surface area contributed by atoms with Crippen molar-refractivity contribution in [2.45, 2.75) is 51.6 Å². The Balaban J connectivity index is 1.98. The van der Waals surface area contributed by atoms with Gasteiger partial charge < -0.3 is 15.3 Å². The Hall–Kier alpha value is -1.88. The number of nitrogens with one attached hydrogen (secondary N) is 1. The highest BCUT2D eigenvalue weighted by Crippen LogP contribution is 2.20. The maximum atomic E-state index is 12.6. The lowest BCUT2D eigenvalue weighted by Crippen LogP contribution is -2.50. The van der Waals surface area contributed by atoms with Crippen LogP contribution in [0.4, 0.5) is 0 Å². The fourth-order valence-corrected chi connectivity index (χ4v) is 3.20. The van der Waals surface area contributed by atoms with Gasteiger partial charge >= 0.3 is 0 Å². The third-order valence-corrected chi connectivity index (χ3v) is 4.65. The third-order valence-electron chi connectivity index (χ3n) is 4.65. The second-order valence-electron chi connectivity index (χ2n) is 6.78. The zero-order chi connectivity index (χ0) is 17.5. The highest BCUT2D eigenvalue weighted by atomic mass is 16.3. The number of aliphatic hydroxyl groups excluding tert-OH is 1. The lowest BCUT2D eigenvalue weighted by Gasteiger charge is -2.28. The molecule has 2 atom stereocenters. The average molecular weight is 332 g/mol. The molecule has 24 heavy (non-hydrogen) atoms. The van der Waals surface area contributed by atoms with Gasteiger partial charge in [-0.1, -0.05) is 44.2 Å². The van der Waals surface area contributed by atoms with Gasteiger partial charge in [0.2, 0.25) is 11.8 Å². The third kappa shape index (κ3) is 4.81. The van der Waals surface area contributed by atoms with E-state index in [4.69, 9.17) is 5.11 Å². The van der Waals surface area contributed by atoms with Crippen LogP contribution in [0.25, 0.3) is 0 Å². The minimum absolute atomic E-state index is 0.00195. The number of rotatable bonds is 7. The van der Waals surface area contributed by atoms with Crippen LogP contribution in [-0.4, -0.2) is 47.1 Å². The molecule has 1 aromatic carbocycles. The Bertz CT molecular complexity index is 545. The van der Waals surface area contributed by atoms with E-state index in [-0.39, 0.29) is 36.4 Å². The number of carbonyl (C=O) groups is 2. The Labute approximate surface area is 144 Å². The van der Waals surface area contributed by atoms with Crippen molar-refractivity contribution in [1.29, 1.82) is 0 Å². The smallest absolute Gasteiger partial charge is 0.243 e. The molecule has 0 spiro atoms. The minimum atomic E-state index is -0.388. The molecule has 0 aliphatic carbocycles. The predicted octanol–water partition coefficient (Wildman–Crippen LogP) is 1.74. The van der Waals surface area contributed by atoms with Gasteiger partial charge in [0.15, 0.2) is 0 Å². The number of amides is 2. The summed E-state index contributed by atoms with van der Waals surface area (Å²) in [6, 6.07) is 9.17. The van der Waals surface area contributed by atoms with Gasteiger partial charge in [0.1, 0.15) is 6.04 Å². The summed E-state index contributed by atoms with van der Waals surface area (Å²) in [6.45, 7) is 4.72. The largest absolute Gasteiger partial charge is 0.396 e. The van der Waals surface area contributed by atoms with E-state index in [0.717, 1.165) is 12.0 Å². The normalized spacial score (nSPS) is 18.7. The first kappa shape index (κ1) is 18.5. The van der Waals surface area contributed by atoms with Gasteiger partial charge in [-0.2, -0.15) is 0 Å². The molecule has 0 bridgehead atoms. The summed E-state index contributed by atoms with van der Waals surface area (Å²) in [5, 5.41) is 12.2. The van der Waals surface area contributed by atoms with Crippen LogP contribution in [0.2, 0.25) is 0 Å². The van der Waals surface area contributed by atoms with Crippen molar-refractivity contribution in [3.8, 4) is 0 Å². The molecule has 2 amide bonds. The van der Waals surface area contributed by atoms with E-state index in [0.29, 0.717) is 25.8 Å². The van der Waals surface area contributed by atoms with E-state index in [2.05, 4.69) is 5.32 Å². The van der Waals surface area contributed by atoms with Gasteiger partial charge in [0, 0.05) is 19.2 Å². The molecule has 5 nitrogen and oxygen atoms in total. The molecule has 1 aliphatic rings. The summed E-state index contributed by atoms with van der Waals surface area (Å²) in [6.07, 6.45) is 2.42. The van der Waals surface area contributed by atoms with Gasteiger partial charge in [-0.15, -0.1) is 0 Å². The lowest BCUT2D eigenvalue weighted by atomic mass is 10.0. The van der Waals surface area contributed by atoms with Crippen LogP contribution in [0.5, 0.6) is 0 Å². The van der Waals surface area contributed by atoms with Gasteiger partial charge in [0.05, 0.1) is 6.42 Å². The lowest BCUT2D eigenvalue weighted by molar-refractivity contribution is -0.138. The van der Waals surface area contributed by atoms with Crippen LogP contribution in [0, 0.1) is 5.92 Å². The molecule has 2 unspecified atom stereocenters. The molecular weight excluding hydrogens is 304 g/mol. The number of aliphatic hydroxyl groups is 1. The summed E-state index contributed by atoms with van der Waals surface area (Å²) in [7, 11) is 0. The monoisotopic (exact) mass is 332 g/mol. The van der Waals surface area contributed by atoms with Gasteiger partial charge in [-0.3, -0.25) is 9.59 Å². The average Bonchev–Trinajstić information content (AvgIpc) is 3.05. The Morgan fingerprint density at radius 3 is 2.62 bits per heavy atom. The number of likely N-dealkylation sites (tertiary alicyclic amines) is 1. The highest BCUT2D eigenvalue weighted by Gasteiger charge is 2.34. The Morgan fingerprint density at radius 2 is 2.00 bits per heavy atom. The molecular formula is C19H28N2O3. The van der Waals surface area contributed by atoms with E-state index in [1.807, 2.05) is 44.2 Å².